The van der Waals surface area contributed by atoms with E-state index in [1.54, 1.807) is 13.2 Å². The number of hydrogen-bond donors (Lipinski definition) is 1. The largest absolute Gasteiger partial charge is 0.508 e. The maximum absolute atomic E-state index is 13.1. The molecule has 0 amide bonds. The second kappa shape index (κ2) is 4.23. The van der Waals surface area contributed by atoms with Crippen molar-refractivity contribution in [2.24, 2.45) is 0 Å². The predicted molar refractivity (Wildman–Crippen MR) is 60.1 cm³/mol. The molecule has 2 rings (SSSR count). The van der Waals surface area contributed by atoms with Gasteiger partial charge in [-0.05, 0) is 35.4 Å². The molecule has 0 unspecified atom stereocenters. The predicted octanol–water partition coefficient (Wildman–Crippen LogP) is 3.21. The van der Waals surface area contributed by atoms with E-state index >= 15 is 0 Å². The van der Waals surface area contributed by atoms with Crippen LogP contribution in [-0.4, -0.2) is 12.2 Å². The molecule has 0 bridgehead atoms. The molecule has 0 aliphatic carbocycles. The second-order valence-corrected chi connectivity index (χ2v) is 3.43. The Balaban J connectivity index is 2.49. The lowest BCUT2D eigenvalue weighted by Crippen LogP contribution is -1.84. The van der Waals surface area contributed by atoms with Crippen LogP contribution in [0.5, 0.6) is 11.5 Å². The highest BCUT2D eigenvalue weighted by molar-refractivity contribution is 5.66. The fraction of sp³-hybridized carbons (Fsp3) is 0.0769. The summed E-state index contributed by atoms with van der Waals surface area (Å²) in [7, 11) is 1.57. The summed E-state index contributed by atoms with van der Waals surface area (Å²) in [6.07, 6.45) is 0. The highest BCUT2D eigenvalue weighted by atomic mass is 19.1. The number of benzene rings is 2. The summed E-state index contributed by atoms with van der Waals surface area (Å²) >= 11 is 0. The van der Waals surface area contributed by atoms with E-state index in [1.165, 1.54) is 12.1 Å². The number of halogens is 1. The van der Waals surface area contributed by atoms with Crippen LogP contribution in [0.4, 0.5) is 4.39 Å². The van der Waals surface area contributed by atoms with Gasteiger partial charge in [-0.25, -0.2) is 4.39 Å². The topological polar surface area (TPSA) is 29.5 Å². The average Bonchev–Trinajstić information content (AvgIpc) is 2.28. The molecule has 0 atom stereocenters. The van der Waals surface area contributed by atoms with Gasteiger partial charge in [0.2, 0.25) is 0 Å². The number of hydrogen-bond acceptors (Lipinski definition) is 2. The van der Waals surface area contributed by atoms with Gasteiger partial charge in [-0.1, -0.05) is 12.1 Å². The van der Waals surface area contributed by atoms with E-state index in [4.69, 9.17) is 4.74 Å². The van der Waals surface area contributed by atoms with E-state index in [-0.39, 0.29) is 5.75 Å². The Kier molecular flexibility index (Phi) is 2.77. The van der Waals surface area contributed by atoms with Crippen molar-refractivity contribution in [3.63, 3.8) is 0 Å². The monoisotopic (exact) mass is 218 g/mol. The molecule has 2 nitrogen and oxygen atoms in total. The van der Waals surface area contributed by atoms with Crippen molar-refractivity contribution < 1.29 is 14.2 Å². The van der Waals surface area contributed by atoms with Gasteiger partial charge in [0, 0.05) is 6.07 Å². The van der Waals surface area contributed by atoms with Gasteiger partial charge in [0.25, 0.3) is 0 Å². The quantitative estimate of drug-likeness (QED) is 0.838. The minimum absolute atomic E-state index is 0.0854. The normalized spacial score (nSPS) is 10.1. The molecule has 0 fully saturated rings. The van der Waals surface area contributed by atoms with Crippen molar-refractivity contribution in [2.75, 3.05) is 7.11 Å². The van der Waals surface area contributed by atoms with Crippen LogP contribution in [0, 0.1) is 5.82 Å². The van der Waals surface area contributed by atoms with Crippen LogP contribution in [0.15, 0.2) is 42.5 Å². The summed E-state index contributed by atoms with van der Waals surface area (Å²) in [5.41, 5.74) is 1.42. The first-order valence-corrected chi connectivity index (χ1v) is 4.83. The maximum atomic E-state index is 13.1. The highest BCUT2D eigenvalue weighted by Crippen LogP contribution is 2.27. The Morgan fingerprint density at radius 3 is 2.56 bits per heavy atom. The molecule has 0 spiro atoms. The van der Waals surface area contributed by atoms with E-state index in [0.717, 1.165) is 11.6 Å². The number of aromatic hydroxyl groups is 1. The number of phenols is 1. The van der Waals surface area contributed by atoms with Gasteiger partial charge in [0.1, 0.15) is 17.3 Å². The lowest BCUT2D eigenvalue weighted by molar-refractivity contribution is 0.415. The zero-order valence-corrected chi connectivity index (χ0v) is 8.77. The molecule has 0 radical (unpaired) electrons. The van der Waals surface area contributed by atoms with Crippen LogP contribution in [0.1, 0.15) is 0 Å². The lowest BCUT2D eigenvalue weighted by Gasteiger charge is -2.05. The first kappa shape index (κ1) is 10.5. The molecule has 0 aromatic heterocycles. The van der Waals surface area contributed by atoms with Crippen LogP contribution < -0.4 is 4.74 Å². The van der Waals surface area contributed by atoms with Gasteiger partial charge in [-0.15, -0.1) is 0 Å². The van der Waals surface area contributed by atoms with E-state index < -0.39 is 5.82 Å². The summed E-state index contributed by atoms with van der Waals surface area (Å²) < 4.78 is 18.2. The number of ether oxygens (including phenoxy) is 1. The first-order chi connectivity index (χ1) is 7.69. The molecule has 0 heterocycles. The molecule has 0 aliphatic heterocycles. The lowest BCUT2D eigenvalue weighted by atomic mass is 10.1. The van der Waals surface area contributed by atoms with Crippen molar-refractivity contribution >= 4 is 0 Å². The smallest absolute Gasteiger partial charge is 0.127 e. The average molecular weight is 218 g/mol. The third-order valence-corrected chi connectivity index (χ3v) is 2.29. The van der Waals surface area contributed by atoms with Crippen molar-refractivity contribution in [3.8, 4) is 22.6 Å². The summed E-state index contributed by atoms with van der Waals surface area (Å²) in [4.78, 5) is 0. The fourth-order valence-corrected chi connectivity index (χ4v) is 1.54. The van der Waals surface area contributed by atoms with Crippen molar-refractivity contribution in [2.45, 2.75) is 0 Å². The van der Waals surface area contributed by atoms with Crippen molar-refractivity contribution in [1.29, 1.82) is 0 Å². The Bertz CT molecular complexity index is 489. The Hall–Kier alpha value is -2.03. The molecule has 0 saturated carbocycles. The highest BCUT2D eigenvalue weighted by Gasteiger charge is 2.03. The summed E-state index contributed by atoms with van der Waals surface area (Å²) in [6, 6.07) is 11.2. The minimum Gasteiger partial charge on any atom is -0.508 e. The second-order valence-electron chi connectivity index (χ2n) is 3.43. The summed E-state index contributed by atoms with van der Waals surface area (Å²) in [6.45, 7) is 0. The van der Waals surface area contributed by atoms with Crippen molar-refractivity contribution in [3.05, 3.63) is 48.3 Å². The van der Waals surface area contributed by atoms with Gasteiger partial charge in [0.15, 0.2) is 0 Å². The molecule has 0 aliphatic rings. The molecule has 1 N–H and O–H groups in total. The van der Waals surface area contributed by atoms with E-state index in [2.05, 4.69) is 0 Å². The van der Waals surface area contributed by atoms with Gasteiger partial charge in [0.05, 0.1) is 7.11 Å². The molecule has 0 saturated heterocycles. The van der Waals surface area contributed by atoms with Gasteiger partial charge >= 0.3 is 0 Å². The van der Waals surface area contributed by atoms with Crippen molar-refractivity contribution in [1.82, 2.24) is 0 Å². The molecule has 16 heavy (non-hydrogen) atoms. The molecule has 3 heteroatoms. The Labute approximate surface area is 92.9 Å². The van der Waals surface area contributed by atoms with E-state index in [1.807, 2.05) is 18.2 Å². The fourth-order valence-electron chi connectivity index (χ4n) is 1.54. The summed E-state index contributed by atoms with van der Waals surface area (Å²) in [5, 5.41) is 9.31. The van der Waals surface area contributed by atoms with Crippen LogP contribution in [0.25, 0.3) is 11.1 Å². The zero-order chi connectivity index (χ0) is 11.5. The van der Waals surface area contributed by atoms with Crippen LogP contribution in [-0.2, 0) is 0 Å². The standard InChI is InChI=1S/C13H11FO2/c1-16-13-4-2-3-9(7-13)10-5-11(14)8-12(15)6-10/h2-8,15H,1H3. The first-order valence-electron chi connectivity index (χ1n) is 4.83. The number of phenolic OH excluding ortho intramolecular Hbond substituents is 1. The minimum atomic E-state index is -0.460. The SMILES string of the molecule is COc1cccc(-c2cc(O)cc(F)c2)c1. The van der Waals surface area contributed by atoms with Crippen LogP contribution in [0.2, 0.25) is 0 Å². The molecule has 2 aromatic rings. The van der Waals surface area contributed by atoms with Gasteiger partial charge < -0.3 is 9.84 Å². The van der Waals surface area contributed by atoms with Gasteiger partial charge in [-0.2, -0.15) is 0 Å². The van der Waals surface area contributed by atoms with Gasteiger partial charge in [-0.3, -0.25) is 0 Å². The number of methoxy groups -OCH3 is 1. The molecule has 2 aromatic carbocycles. The Morgan fingerprint density at radius 2 is 1.88 bits per heavy atom. The zero-order valence-electron chi connectivity index (χ0n) is 8.77. The number of rotatable bonds is 2. The third kappa shape index (κ3) is 2.14. The summed E-state index contributed by atoms with van der Waals surface area (Å²) in [5.74, 6) is 0.150. The van der Waals surface area contributed by atoms with E-state index in [9.17, 15) is 9.50 Å². The van der Waals surface area contributed by atoms with Crippen LogP contribution in [0.3, 0.4) is 0 Å². The third-order valence-electron chi connectivity index (χ3n) is 2.29. The molecular formula is C13H11FO2. The Morgan fingerprint density at radius 1 is 1.06 bits per heavy atom. The molecule has 82 valence electrons. The van der Waals surface area contributed by atoms with E-state index in [0.29, 0.717) is 11.3 Å². The maximum Gasteiger partial charge on any atom is 0.127 e. The van der Waals surface area contributed by atoms with Crippen LogP contribution >= 0.6 is 0 Å². The molecular weight excluding hydrogens is 207 g/mol.